The van der Waals surface area contributed by atoms with Crippen LogP contribution in [0.2, 0.25) is 0 Å². The van der Waals surface area contributed by atoms with Gasteiger partial charge in [-0.15, -0.1) is 15.3 Å². The van der Waals surface area contributed by atoms with E-state index in [9.17, 15) is 0 Å². The van der Waals surface area contributed by atoms with Crippen LogP contribution in [-0.4, -0.2) is 48.7 Å². The Morgan fingerprint density at radius 3 is 2.81 bits per heavy atom. The second kappa shape index (κ2) is 7.66. The van der Waals surface area contributed by atoms with Gasteiger partial charge in [-0.2, -0.15) is 5.10 Å². The summed E-state index contributed by atoms with van der Waals surface area (Å²) in [7, 11) is 3.28. The third-order valence-corrected chi connectivity index (χ3v) is 5.08. The first kappa shape index (κ1) is 19.0. The van der Waals surface area contributed by atoms with E-state index in [0.717, 1.165) is 39.9 Å². The Hall–Kier alpha value is -4.03. The van der Waals surface area contributed by atoms with Crippen molar-refractivity contribution in [1.82, 2.24) is 34.5 Å². The molecular formula is C22H19N7O2. The number of fused-ring (bicyclic) bond motifs is 5. The van der Waals surface area contributed by atoms with Gasteiger partial charge in [-0.05, 0) is 48.6 Å². The largest absolute Gasteiger partial charge is 0.497 e. The molecule has 4 heterocycles. The van der Waals surface area contributed by atoms with E-state index in [1.165, 1.54) is 0 Å². The smallest absolute Gasteiger partial charge is 0.166 e. The van der Waals surface area contributed by atoms with E-state index in [1.54, 1.807) is 26.7 Å². The van der Waals surface area contributed by atoms with Crippen molar-refractivity contribution in [2.24, 2.45) is 0 Å². The molecule has 31 heavy (non-hydrogen) atoms. The molecule has 5 rings (SSSR count). The van der Waals surface area contributed by atoms with Crippen molar-refractivity contribution in [2.75, 3.05) is 14.2 Å². The lowest BCUT2D eigenvalue weighted by molar-refractivity contribution is 0.174. The third-order valence-electron chi connectivity index (χ3n) is 5.08. The molecule has 0 unspecified atom stereocenters. The highest BCUT2D eigenvalue weighted by atomic mass is 16.5. The SMILES string of the molecule is COCc1nnc2n1Cc1c(C#Cc3cc(C)cnn3)ncn1-c1ccc(OC)cc1-2. The Morgan fingerprint density at radius 2 is 2.00 bits per heavy atom. The summed E-state index contributed by atoms with van der Waals surface area (Å²) in [5.41, 5.74) is 5.02. The second-order valence-electron chi connectivity index (χ2n) is 7.12. The summed E-state index contributed by atoms with van der Waals surface area (Å²) >= 11 is 0. The molecule has 3 aromatic heterocycles. The Morgan fingerprint density at radius 1 is 1.10 bits per heavy atom. The molecule has 0 aliphatic carbocycles. The van der Waals surface area contributed by atoms with Crippen LogP contribution in [0.25, 0.3) is 17.1 Å². The van der Waals surface area contributed by atoms with Crippen molar-refractivity contribution >= 4 is 0 Å². The van der Waals surface area contributed by atoms with Crippen molar-refractivity contribution in [3.05, 3.63) is 65.3 Å². The first-order chi connectivity index (χ1) is 15.2. The van der Waals surface area contributed by atoms with Crippen molar-refractivity contribution < 1.29 is 9.47 Å². The Labute approximate surface area is 178 Å². The molecule has 1 aliphatic rings. The van der Waals surface area contributed by atoms with E-state index in [0.29, 0.717) is 24.5 Å². The lowest BCUT2D eigenvalue weighted by atomic mass is 10.1. The maximum Gasteiger partial charge on any atom is 0.166 e. The average molecular weight is 413 g/mol. The Bertz CT molecular complexity index is 1340. The van der Waals surface area contributed by atoms with E-state index in [2.05, 4.69) is 37.2 Å². The van der Waals surface area contributed by atoms with Crippen LogP contribution in [-0.2, 0) is 17.9 Å². The number of aromatic nitrogens is 7. The quantitative estimate of drug-likeness (QED) is 0.419. The molecule has 1 aliphatic heterocycles. The number of methoxy groups -OCH3 is 2. The van der Waals surface area contributed by atoms with Gasteiger partial charge in [0.25, 0.3) is 0 Å². The normalized spacial score (nSPS) is 11.6. The van der Waals surface area contributed by atoms with Crippen LogP contribution in [0.4, 0.5) is 0 Å². The monoisotopic (exact) mass is 413 g/mol. The van der Waals surface area contributed by atoms with Crippen LogP contribution in [0.1, 0.15) is 28.5 Å². The maximum absolute atomic E-state index is 5.44. The van der Waals surface area contributed by atoms with Crippen LogP contribution in [0.5, 0.6) is 5.75 Å². The molecule has 1 aromatic carbocycles. The minimum absolute atomic E-state index is 0.348. The van der Waals surface area contributed by atoms with E-state index in [4.69, 9.17) is 9.47 Å². The molecule has 0 bridgehead atoms. The fraction of sp³-hybridized carbons (Fsp3) is 0.227. The molecule has 0 spiro atoms. The predicted octanol–water partition coefficient (Wildman–Crippen LogP) is 2.15. The van der Waals surface area contributed by atoms with Gasteiger partial charge in [0.05, 0.1) is 31.2 Å². The number of hydrogen-bond acceptors (Lipinski definition) is 7. The van der Waals surface area contributed by atoms with Crippen molar-refractivity contribution in [3.8, 4) is 34.7 Å². The fourth-order valence-electron chi connectivity index (χ4n) is 3.60. The van der Waals surface area contributed by atoms with E-state index >= 15 is 0 Å². The summed E-state index contributed by atoms with van der Waals surface area (Å²) in [6.45, 7) is 2.81. The van der Waals surface area contributed by atoms with Gasteiger partial charge >= 0.3 is 0 Å². The van der Waals surface area contributed by atoms with Gasteiger partial charge in [0.2, 0.25) is 0 Å². The molecule has 4 aromatic rings. The van der Waals surface area contributed by atoms with Crippen molar-refractivity contribution in [1.29, 1.82) is 0 Å². The minimum Gasteiger partial charge on any atom is -0.497 e. The lowest BCUT2D eigenvalue weighted by Gasteiger charge is -2.09. The van der Waals surface area contributed by atoms with Crippen LogP contribution in [0.15, 0.2) is 36.8 Å². The summed E-state index contributed by atoms with van der Waals surface area (Å²) in [6, 6.07) is 7.75. The van der Waals surface area contributed by atoms with Crippen LogP contribution in [0.3, 0.4) is 0 Å². The molecule has 0 saturated heterocycles. The molecule has 154 valence electrons. The highest BCUT2D eigenvalue weighted by Crippen LogP contribution is 2.34. The standard InChI is InChI=1S/C22H19N7O2/c1-14-8-15(25-24-10-14)4-6-18-20-11-28-21(12-30-2)26-27-22(28)17-9-16(31-3)5-7-19(17)29(20)13-23-18/h5,7-10,13H,11-12H2,1-3H3. The van der Waals surface area contributed by atoms with Gasteiger partial charge in [-0.3, -0.25) is 4.57 Å². The van der Waals surface area contributed by atoms with Crippen LogP contribution >= 0.6 is 0 Å². The summed E-state index contributed by atoms with van der Waals surface area (Å²) in [4.78, 5) is 4.58. The molecule has 9 heteroatoms. The summed E-state index contributed by atoms with van der Waals surface area (Å²) in [5.74, 6) is 8.44. The number of nitrogens with zero attached hydrogens (tertiary/aromatic N) is 7. The van der Waals surface area contributed by atoms with E-state index < -0.39 is 0 Å². The van der Waals surface area contributed by atoms with Gasteiger partial charge in [0.1, 0.15) is 30.1 Å². The zero-order valence-corrected chi connectivity index (χ0v) is 17.3. The third kappa shape index (κ3) is 3.33. The molecule has 0 amide bonds. The molecule has 0 N–H and O–H groups in total. The molecule has 0 radical (unpaired) electrons. The number of benzene rings is 1. The van der Waals surface area contributed by atoms with E-state index in [-0.39, 0.29) is 0 Å². The number of hydrogen-bond donors (Lipinski definition) is 0. The molecular weight excluding hydrogens is 394 g/mol. The number of aryl methyl sites for hydroxylation is 1. The Kier molecular flexibility index (Phi) is 4.69. The van der Waals surface area contributed by atoms with Gasteiger partial charge in [-0.1, -0.05) is 0 Å². The van der Waals surface area contributed by atoms with Crippen molar-refractivity contribution in [2.45, 2.75) is 20.1 Å². The summed E-state index contributed by atoms with van der Waals surface area (Å²) < 4.78 is 14.8. The first-order valence-corrected chi connectivity index (χ1v) is 9.65. The fourth-order valence-corrected chi connectivity index (χ4v) is 3.60. The molecule has 0 saturated carbocycles. The highest BCUT2D eigenvalue weighted by molar-refractivity contribution is 5.71. The summed E-state index contributed by atoms with van der Waals surface area (Å²) in [5, 5.41) is 16.8. The number of imidazole rings is 1. The molecule has 0 atom stereocenters. The van der Waals surface area contributed by atoms with Gasteiger partial charge in [0.15, 0.2) is 11.6 Å². The average Bonchev–Trinajstić information content (AvgIpc) is 3.33. The molecule has 9 nitrogen and oxygen atoms in total. The minimum atomic E-state index is 0.348. The topological polar surface area (TPSA) is 92.8 Å². The predicted molar refractivity (Wildman–Crippen MR) is 112 cm³/mol. The highest BCUT2D eigenvalue weighted by Gasteiger charge is 2.26. The number of rotatable bonds is 3. The van der Waals surface area contributed by atoms with Gasteiger partial charge < -0.3 is 14.0 Å². The first-order valence-electron chi connectivity index (χ1n) is 9.65. The lowest BCUT2D eigenvalue weighted by Crippen LogP contribution is -2.09. The van der Waals surface area contributed by atoms with Crippen molar-refractivity contribution in [3.63, 3.8) is 0 Å². The summed E-state index contributed by atoms with van der Waals surface area (Å²) in [6.07, 6.45) is 3.48. The zero-order valence-electron chi connectivity index (χ0n) is 17.3. The second-order valence-corrected chi connectivity index (χ2v) is 7.12. The van der Waals surface area contributed by atoms with Crippen LogP contribution in [0, 0.1) is 18.8 Å². The van der Waals surface area contributed by atoms with Crippen LogP contribution < -0.4 is 4.74 Å². The Balaban J connectivity index is 1.68. The van der Waals surface area contributed by atoms with Gasteiger partial charge in [-0.25, -0.2) is 4.98 Å². The zero-order chi connectivity index (χ0) is 21.4. The van der Waals surface area contributed by atoms with E-state index in [1.807, 2.05) is 40.3 Å². The van der Waals surface area contributed by atoms with Gasteiger partial charge in [0, 0.05) is 12.7 Å². The number of ether oxygens (including phenoxy) is 2. The molecule has 0 fully saturated rings. The maximum atomic E-state index is 5.44.